The second-order valence-corrected chi connectivity index (χ2v) is 4.67. The third-order valence-corrected chi connectivity index (χ3v) is 2.73. The van der Waals surface area contributed by atoms with Gasteiger partial charge in [-0.25, -0.2) is 0 Å². The molecule has 0 saturated carbocycles. The molecule has 0 saturated heterocycles. The summed E-state index contributed by atoms with van der Waals surface area (Å²) in [5, 5.41) is 10.2. The molecular weight excluding hydrogens is 284 g/mol. The molecule has 0 amide bonds. The first-order valence-electron chi connectivity index (χ1n) is 6.22. The van der Waals surface area contributed by atoms with Gasteiger partial charge in [-0.1, -0.05) is 11.6 Å². The predicted molar refractivity (Wildman–Crippen MR) is 75.7 cm³/mol. The molecule has 0 aliphatic rings. The number of hydrogen-bond donors (Lipinski definition) is 1. The number of aliphatic hydroxyl groups excluding tert-OH is 1. The van der Waals surface area contributed by atoms with Crippen LogP contribution >= 0.6 is 11.6 Å². The van der Waals surface area contributed by atoms with E-state index in [1.165, 1.54) is 6.92 Å². The van der Waals surface area contributed by atoms with Gasteiger partial charge in [-0.3, -0.25) is 4.79 Å². The summed E-state index contributed by atoms with van der Waals surface area (Å²) in [4.78, 5) is 11.5. The Balaban J connectivity index is 2.46. The Labute approximate surface area is 123 Å². The van der Waals surface area contributed by atoms with E-state index in [1.807, 2.05) is 0 Å². The van der Waals surface area contributed by atoms with E-state index in [9.17, 15) is 9.90 Å². The van der Waals surface area contributed by atoms with Crippen LogP contribution in [0.15, 0.2) is 18.2 Å². The SMILES string of the molecule is COCCOCC(O)COc1ccc(Cl)cc1C(C)=O. The van der Waals surface area contributed by atoms with Gasteiger partial charge in [0.1, 0.15) is 18.5 Å². The fourth-order valence-corrected chi connectivity index (χ4v) is 1.67. The molecule has 0 radical (unpaired) electrons. The average Bonchev–Trinajstić information content (AvgIpc) is 2.42. The van der Waals surface area contributed by atoms with Gasteiger partial charge in [-0.05, 0) is 25.1 Å². The number of aliphatic hydroxyl groups is 1. The Kier molecular flexibility index (Phi) is 7.54. The van der Waals surface area contributed by atoms with Crippen molar-refractivity contribution < 1.29 is 24.1 Å². The molecule has 5 nitrogen and oxygen atoms in total. The van der Waals surface area contributed by atoms with Crippen LogP contribution in [0.25, 0.3) is 0 Å². The van der Waals surface area contributed by atoms with Crippen LogP contribution in [0.1, 0.15) is 17.3 Å². The van der Waals surface area contributed by atoms with Crippen LogP contribution in [-0.2, 0) is 9.47 Å². The highest BCUT2D eigenvalue weighted by atomic mass is 35.5. The van der Waals surface area contributed by atoms with Crippen molar-refractivity contribution in [1.29, 1.82) is 0 Å². The molecule has 1 aromatic carbocycles. The van der Waals surface area contributed by atoms with E-state index >= 15 is 0 Å². The number of Topliss-reactive ketones (excluding diaryl/α,β-unsaturated/α-hetero) is 1. The zero-order valence-corrected chi connectivity index (χ0v) is 12.4. The first-order chi connectivity index (χ1) is 9.54. The van der Waals surface area contributed by atoms with Gasteiger partial charge in [-0.15, -0.1) is 0 Å². The highest BCUT2D eigenvalue weighted by molar-refractivity contribution is 6.31. The fourth-order valence-electron chi connectivity index (χ4n) is 1.50. The van der Waals surface area contributed by atoms with Crippen molar-refractivity contribution in [3.63, 3.8) is 0 Å². The molecule has 0 aromatic heterocycles. The Morgan fingerprint density at radius 1 is 1.35 bits per heavy atom. The van der Waals surface area contributed by atoms with Crippen molar-refractivity contribution in [2.45, 2.75) is 13.0 Å². The minimum atomic E-state index is -0.776. The summed E-state index contributed by atoms with van der Waals surface area (Å²) >= 11 is 5.83. The molecule has 112 valence electrons. The monoisotopic (exact) mass is 302 g/mol. The van der Waals surface area contributed by atoms with Crippen LogP contribution in [0.2, 0.25) is 5.02 Å². The van der Waals surface area contributed by atoms with Crippen LogP contribution < -0.4 is 4.74 Å². The van der Waals surface area contributed by atoms with Crippen LogP contribution in [0.3, 0.4) is 0 Å². The van der Waals surface area contributed by atoms with Crippen LogP contribution in [0.5, 0.6) is 5.75 Å². The molecule has 1 unspecified atom stereocenters. The Bertz CT molecular complexity index is 436. The zero-order chi connectivity index (χ0) is 15.0. The van der Waals surface area contributed by atoms with Crippen LogP contribution in [-0.4, -0.2) is 50.5 Å². The summed E-state index contributed by atoms with van der Waals surface area (Å²) in [6.07, 6.45) is -0.776. The molecule has 1 rings (SSSR count). The lowest BCUT2D eigenvalue weighted by Crippen LogP contribution is -2.24. The predicted octanol–water partition coefficient (Wildman–Crippen LogP) is 1.95. The number of benzene rings is 1. The number of carbonyl (C=O) groups excluding carboxylic acids is 1. The van der Waals surface area contributed by atoms with E-state index in [2.05, 4.69) is 0 Å². The maximum Gasteiger partial charge on any atom is 0.163 e. The number of ether oxygens (including phenoxy) is 3. The van der Waals surface area contributed by atoms with Crippen LogP contribution in [0.4, 0.5) is 0 Å². The third-order valence-electron chi connectivity index (χ3n) is 2.49. The lowest BCUT2D eigenvalue weighted by atomic mass is 10.1. The third kappa shape index (κ3) is 5.88. The standard InChI is InChI=1S/C14H19ClO5/c1-10(16)13-7-11(15)3-4-14(13)20-9-12(17)8-19-6-5-18-2/h3-4,7,12,17H,5-6,8-9H2,1-2H3. The summed E-state index contributed by atoms with van der Waals surface area (Å²) in [5.74, 6) is 0.256. The highest BCUT2D eigenvalue weighted by Crippen LogP contribution is 2.23. The van der Waals surface area contributed by atoms with Crippen molar-refractivity contribution >= 4 is 17.4 Å². The minimum Gasteiger partial charge on any atom is -0.490 e. The van der Waals surface area contributed by atoms with Crippen molar-refractivity contribution in [2.24, 2.45) is 0 Å². The van der Waals surface area contributed by atoms with E-state index in [0.29, 0.717) is 29.5 Å². The molecule has 20 heavy (non-hydrogen) atoms. The Morgan fingerprint density at radius 3 is 2.75 bits per heavy atom. The Hall–Kier alpha value is -1.14. The van der Waals surface area contributed by atoms with E-state index in [0.717, 1.165) is 0 Å². The molecule has 0 heterocycles. The van der Waals surface area contributed by atoms with Crippen LogP contribution in [0, 0.1) is 0 Å². The van der Waals surface area contributed by atoms with Gasteiger partial charge in [0.2, 0.25) is 0 Å². The normalized spacial score (nSPS) is 12.2. The summed E-state index contributed by atoms with van der Waals surface area (Å²) < 4.78 is 15.4. The molecule has 1 N–H and O–H groups in total. The molecule has 1 aromatic rings. The topological polar surface area (TPSA) is 65.0 Å². The second kappa shape index (κ2) is 8.92. The van der Waals surface area contributed by atoms with Gasteiger partial charge in [-0.2, -0.15) is 0 Å². The molecule has 0 aliphatic heterocycles. The quantitative estimate of drug-likeness (QED) is 0.558. The summed E-state index contributed by atoms with van der Waals surface area (Å²) in [6, 6.07) is 4.78. The number of carbonyl (C=O) groups is 1. The number of ketones is 1. The van der Waals surface area contributed by atoms with Crippen molar-refractivity contribution in [3.05, 3.63) is 28.8 Å². The van der Waals surface area contributed by atoms with Gasteiger partial charge in [0.05, 0.1) is 25.4 Å². The number of halogens is 1. The van der Waals surface area contributed by atoms with E-state index in [1.54, 1.807) is 25.3 Å². The van der Waals surface area contributed by atoms with Crippen molar-refractivity contribution in [1.82, 2.24) is 0 Å². The summed E-state index contributed by atoms with van der Waals surface area (Å²) in [5.41, 5.74) is 0.394. The first-order valence-corrected chi connectivity index (χ1v) is 6.60. The van der Waals surface area contributed by atoms with Gasteiger partial charge >= 0.3 is 0 Å². The molecule has 0 aliphatic carbocycles. The molecule has 6 heteroatoms. The maximum absolute atomic E-state index is 11.5. The second-order valence-electron chi connectivity index (χ2n) is 4.23. The smallest absolute Gasteiger partial charge is 0.163 e. The number of hydrogen-bond acceptors (Lipinski definition) is 5. The molecule has 0 spiro atoms. The van der Waals surface area contributed by atoms with Gasteiger partial charge in [0, 0.05) is 12.1 Å². The van der Waals surface area contributed by atoms with E-state index < -0.39 is 6.10 Å². The lowest BCUT2D eigenvalue weighted by Gasteiger charge is -2.14. The van der Waals surface area contributed by atoms with Gasteiger partial charge < -0.3 is 19.3 Å². The van der Waals surface area contributed by atoms with E-state index in [-0.39, 0.29) is 19.0 Å². The Morgan fingerprint density at radius 2 is 2.10 bits per heavy atom. The largest absolute Gasteiger partial charge is 0.490 e. The number of rotatable bonds is 9. The van der Waals surface area contributed by atoms with E-state index in [4.69, 9.17) is 25.8 Å². The number of methoxy groups -OCH3 is 1. The maximum atomic E-state index is 11.5. The molecular formula is C14H19ClO5. The van der Waals surface area contributed by atoms with Crippen molar-refractivity contribution in [3.8, 4) is 5.75 Å². The van der Waals surface area contributed by atoms with Crippen molar-refractivity contribution in [2.75, 3.05) is 33.5 Å². The molecule has 0 bridgehead atoms. The zero-order valence-electron chi connectivity index (χ0n) is 11.6. The summed E-state index contributed by atoms with van der Waals surface area (Å²) in [6.45, 7) is 2.50. The average molecular weight is 303 g/mol. The minimum absolute atomic E-state index is 0.0366. The van der Waals surface area contributed by atoms with Gasteiger partial charge in [0.25, 0.3) is 0 Å². The first kappa shape index (κ1) is 16.9. The molecule has 1 atom stereocenters. The highest BCUT2D eigenvalue weighted by Gasteiger charge is 2.12. The lowest BCUT2D eigenvalue weighted by molar-refractivity contribution is -0.00429. The fraction of sp³-hybridized carbons (Fsp3) is 0.500. The summed E-state index contributed by atoms with van der Waals surface area (Å²) in [7, 11) is 1.58. The molecule has 0 fully saturated rings. The van der Waals surface area contributed by atoms with Gasteiger partial charge in [0.15, 0.2) is 5.78 Å².